The molecule has 0 unspecified atom stereocenters. The van der Waals surface area contributed by atoms with E-state index >= 15 is 0 Å². The summed E-state index contributed by atoms with van der Waals surface area (Å²) in [5.41, 5.74) is 0. The van der Waals surface area contributed by atoms with Gasteiger partial charge in [-0.1, -0.05) is 25.2 Å². The molecule has 0 aliphatic rings. The fourth-order valence-electron chi connectivity index (χ4n) is 1.24. The average molecular weight is 213 g/mol. The lowest BCUT2D eigenvalue weighted by Crippen LogP contribution is -2.04. The van der Waals surface area contributed by atoms with Crippen molar-refractivity contribution in [1.82, 2.24) is 10.2 Å². The molecule has 4 nitrogen and oxygen atoms in total. The normalized spacial score (nSPS) is 10.6. The molecule has 1 aromatic rings. The Hall–Kier alpha value is -0.970. The molecule has 0 aliphatic heterocycles. The zero-order chi connectivity index (χ0) is 10.6. The van der Waals surface area contributed by atoms with E-state index in [4.69, 9.17) is 0 Å². The average Bonchev–Trinajstić information content (AvgIpc) is 2.54. The summed E-state index contributed by atoms with van der Waals surface area (Å²) in [6, 6.07) is 0. The Morgan fingerprint density at radius 2 is 2.07 bits per heavy atom. The lowest BCUT2D eigenvalue weighted by Gasteiger charge is -2.05. The Morgan fingerprint density at radius 1 is 1.43 bits per heavy atom. The highest BCUT2D eigenvalue weighted by atomic mass is 32.1. The van der Waals surface area contributed by atoms with Gasteiger partial charge < -0.3 is 5.32 Å². The van der Waals surface area contributed by atoms with E-state index in [1.165, 1.54) is 18.3 Å². The Morgan fingerprint density at radius 3 is 2.57 bits per heavy atom. The van der Waals surface area contributed by atoms with Crippen molar-refractivity contribution in [2.24, 2.45) is 0 Å². The summed E-state index contributed by atoms with van der Waals surface area (Å²) >= 11 is 1.46. The van der Waals surface area contributed by atoms with Crippen LogP contribution in [0.25, 0.3) is 0 Å². The van der Waals surface area contributed by atoms with Crippen molar-refractivity contribution in [1.29, 1.82) is 0 Å². The second-order valence-corrected chi connectivity index (χ2v) is 4.15. The molecule has 1 heterocycles. The van der Waals surface area contributed by atoms with Crippen LogP contribution in [0.5, 0.6) is 0 Å². The van der Waals surface area contributed by atoms with Crippen LogP contribution in [0.3, 0.4) is 0 Å². The van der Waals surface area contributed by atoms with E-state index in [-0.39, 0.29) is 5.91 Å². The van der Waals surface area contributed by atoms with Gasteiger partial charge >= 0.3 is 0 Å². The Bertz CT molecular complexity index is 307. The molecule has 14 heavy (non-hydrogen) atoms. The fraction of sp³-hybridized carbons (Fsp3) is 0.667. The molecule has 1 N–H and O–H groups in total. The number of anilines is 1. The number of carbonyl (C=O) groups excluding carboxylic acids is 1. The van der Waals surface area contributed by atoms with Gasteiger partial charge in [-0.3, -0.25) is 4.79 Å². The Balaban J connectivity index is 2.71. The number of hydrogen-bond acceptors (Lipinski definition) is 4. The van der Waals surface area contributed by atoms with Gasteiger partial charge in [-0.05, 0) is 12.8 Å². The third kappa shape index (κ3) is 2.77. The quantitative estimate of drug-likeness (QED) is 0.835. The molecule has 1 aromatic heterocycles. The molecule has 0 aromatic carbocycles. The fourth-order valence-corrected chi connectivity index (χ4v) is 2.29. The van der Waals surface area contributed by atoms with Crippen molar-refractivity contribution >= 4 is 22.4 Å². The Kier molecular flexibility index (Phi) is 4.00. The van der Waals surface area contributed by atoms with Gasteiger partial charge in [0.05, 0.1) is 0 Å². The molecule has 78 valence electrons. The zero-order valence-corrected chi connectivity index (χ0v) is 9.52. The smallest absolute Gasteiger partial charge is 0.223 e. The molecule has 0 aliphatic carbocycles. The van der Waals surface area contributed by atoms with E-state index in [0.29, 0.717) is 11.0 Å². The number of carbonyl (C=O) groups is 1. The van der Waals surface area contributed by atoms with Crippen LogP contribution in [-0.4, -0.2) is 16.1 Å². The van der Waals surface area contributed by atoms with Crippen molar-refractivity contribution in [3.05, 3.63) is 5.01 Å². The van der Waals surface area contributed by atoms with Crippen molar-refractivity contribution in [2.75, 3.05) is 5.32 Å². The number of nitrogens with zero attached hydrogens (tertiary/aromatic N) is 2. The number of aromatic nitrogens is 2. The molecule has 5 heteroatoms. The summed E-state index contributed by atoms with van der Waals surface area (Å²) in [4.78, 5) is 10.8. The maximum Gasteiger partial charge on any atom is 0.223 e. The van der Waals surface area contributed by atoms with E-state index in [0.717, 1.165) is 17.8 Å². The largest absolute Gasteiger partial charge is 0.301 e. The third-order valence-corrected chi connectivity index (χ3v) is 3.06. The van der Waals surface area contributed by atoms with Crippen LogP contribution in [0.4, 0.5) is 5.13 Å². The third-order valence-electron chi connectivity index (χ3n) is 2.06. The first kappa shape index (κ1) is 11.1. The Labute approximate surface area is 87.7 Å². The van der Waals surface area contributed by atoms with E-state index in [1.54, 1.807) is 0 Å². The molecule has 1 rings (SSSR count). The molecule has 0 saturated carbocycles. The first-order valence-corrected chi connectivity index (χ1v) is 5.60. The summed E-state index contributed by atoms with van der Waals surface area (Å²) in [6.07, 6.45) is 2.12. The molecular weight excluding hydrogens is 198 g/mol. The van der Waals surface area contributed by atoms with Crippen LogP contribution in [0.1, 0.15) is 44.5 Å². The number of hydrogen-bond donors (Lipinski definition) is 1. The second kappa shape index (κ2) is 5.05. The second-order valence-electron chi connectivity index (χ2n) is 3.14. The minimum absolute atomic E-state index is 0.0998. The SMILES string of the molecule is CCC(CC)c1nnc(NC(C)=O)s1. The summed E-state index contributed by atoms with van der Waals surface area (Å²) < 4.78 is 0. The summed E-state index contributed by atoms with van der Waals surface area (Å²) in [7, 11) is 0. The van der Waals surface area contributed by atoms with Gasteiger partial charge in [-0.2, -0.15) is 0 Å². The van der Waals surface area contributed by atoms with Crippen molar-refractivity contribution < 1.29 is 4.79 Å². The first-order valence-electron chi connectivity index (χ1n) is 4.78. The van der Waals surface area contributed by atoms with Crippen LogP contribution >= 0.6 is 11.3 Å². The highest BCUT2D eigenvalue weighted by Crippen LogP contribution is 2.27. The zero-order valence-electron chi connectivity index (χ0n) is 8.70. The summed E-state index contributed by atoms with van der Waals surface area (Å²) in [5.74, 6) is 0.368. The van der Waals surface area contributed by atoms with E-state index in [1.807, 2.05) is 0 Å². The monoisotopic (exact) mass is 213 g/mol. The van der Waals surface area contributed by atoms with Crippen molar-refractivity contribution in [2.45, 2.75) is 39.5 Å². The van der Waals surface area contributed by atoms with Crippen LogP contribution in [0.2, 0.25) is 0 Å². The molecule has 0 bridgehead atoms. The molecule has 0 fully saturated rings. The minimum atomic E-state index is -0.0998. The number of amides is 1. The van der Waals surface area contributed by atoms with Crippen LogP contribution < -0.4 is 5.32 Å². The molecule has 0 radical (unpaired) electrons. The maximum atomic E-state index is 10.8. The van der Waals surface area contributed by atoms with E-state index in [9.17, 15) is 4.79 Å². The first-order chi connectivity index (χ1) is 6.67. The topological polar surface area (TPSA) is 54.9 Å². The predicted octanol–water partition coefficient (Wildman–Crippen LogP) is 2.40. The van der Waals surface area contributed by atoms with Gasteiger partial charge in [0.1, 0.15) is 5.01 Å². The lowest BCUT2D eigenvalue weighted by molar-refractivity contribution is -0.114. The van der Waals surface area contributed by atoms with Gasteiger partial charge in [0.2, 0.25) is 11.0 Å². The van der Waals surface area contributed by atoms with Crippen molar-refractivity contribution in [3.63, 3.8) is 0 Å². The molecule has 0 spiro atoms. The van der Waals surface area contributed by atoms with Gasteiger partial charge in [0.15, 0.2) is 0 Å². The lowest BCUT2D eigenvalue weighted by atomic mass is 10.1. The van der Waals surface area contributed by atoms with Crippen LogP contribution in [0.15, 0.2) is 0 Å². The molecule has 0 atom stereocenters. The van der Waals surface area contributed by atoms with Gasteiger partial charge in [-0.25, -0.2) is 0 Å². The molecule has 1 amide bonds. The van der Waals surface area contributed by atoms with Gasteiger partial charge in [-0.15, -0.1) is 10.2 Å². The summed E-state index contributed by atoms with van der Waals surface area (Å²) in [5, 5.41) is 12.2. The van der Waals surface area contributed by atoms with E-state index < -0.39 is 0 Å². The molecule has 0 saturated heterocycles. The van der Waals surface area contributed by atoms with Crippen LogP contribution in [0, 0.1) is 0 Å². The number of nitrogens with one attached hydrogen (secondary N) is 1. The van der Waals surface area contributed by atoms with Crippen LogP contribution in [-0.2, 0) is 4.79 Å². The minimum Gasteiger partial charge on any atom is -0.301 e. The van der Waals surface area contributed by atoms with E-state index in [2.05, 4.69) is 29.4 Å². The number of rotatable bonds is 4. The standard InChI is InChI=1S/C9H15N3OS/c1-4-7(5-2)8-11-12-9(14-8)10-6(3)13/h7H,4-5H2,1-3H3,(H,10,12,13). The predicted molar refractivity (Wildman–Crippen MR) is 57.5 cm³/mol. The van der Waals surface area contributed by atoms with Crippen molar-refractivity contribution in [3.8, 4) is 0 Å². The maximum absolute atomic E-state index is 10.8. The van der Waals surface area contributed by atoms with Gasteiger partial charge in [0, 0.05) is 12.8 Å². The highest BCUT2D eigenvalue weighted by molar-refractivity contribution is 7.15. The van der Waals surface area contributed by atoms with Gasteiger partial charge in [0.25, 0.3) is 0 Å². The highest BCUT2D eigenvalue weighted by Gasteiger charge is 2.13. The summed E-state index contributed by atoms with van der Waals surface area (Å²) in [6.45, 7) is 5.74. The molecular formula is C9H15N3OS.